The van der Waals surface area contributed by atoms with E-state index in [4.69, 9.17) is 0 Å². The fourth-order valence-corrected chi connectivity index (χ4v) is 0.723. The fraction of sp³-hybridized carbons (Fsp3) is 0.500. The molecule has 3 heteroatoms. The zero-order valence-corrected chi connectivity index (χ0v) is 8.06. The predicted octanol–water partition coefficient (Wildman–Crippen LogP) is 2.61. The van der Waals surface area contributed by atoms with Crippen molar-refractivity contribution in [3.63, 3.8) is 0 Å². The summed E-state index contributed by atoms with van der Waals surface area (Å²) < 4.78 is 0. The van der Waals surface area contributed by atoms with E-state index in [1.165, 1.54) is 6.42 Å². The summed E-state index contributed by atoms with van der Waals surface area (Å²) >= 11 is 1.55. The monoisotopic (exact) mass is 170 g/mol. The Kier molecular flexibility index (Phi) is 7.15. The van der Waals surface area contributed by atoms with E-state index in [-0.39, 0.29) is 0 Å². The lowest BCUT2D eigenvalue weighted by Crippen LogP contribution is -1.79. The molecule has 11 heavy (non-hydrogen) atoms. The number of rotatable bonds is 1. The first-order valence-electron chi connectivity index (χ1n) is 3.66. The minimum atomic E-state index is 0.826. The molecule has 0 saturated carbocycles. The molecule has 0 aromatic carbocycles. The van der Waals surface area contributed by atoms with Crippen molar-refractivity contribution in [2.24, 2.45) is 0 Å². The van der Waals surface area contributed by atoms with Crippen molar-refractivity contribution < 1.29 is 0 Å². The van der Waals surface area contributed by atoms with Crippen LogP contribution in [-0.2, 0) is 0 Å². The van der Waals surface area contributed by atoms with Gasteiger partial charge < -0.3 is 0 Å². The summed E-state index contributed by atoms with van der Waals surface area (Å²) in [5, 5.41) is 0.826. The summed E-state index contributed by atoms with van der Waals surface area (Å²) in [5.41, 5.74) is 0. The lowest BCUT2D eigenvalue weighted by molar-refractivity contribution is 0.970. The minimum Gasteiger partial charge on any atom is -0.231 e. The molecule has 0 aliphatic heterocycles. The molecule has 1 rings (SSSR count). The van der Waals surface area contributed by atoms with Crippen LogP contribution in [0.3, 0.4) is 0 Å². The molecule has 62 valence electrons. The minimum absolute atomic E-state index is 0.826. The van der Waals surface area contributed by atoms with Gasteiger partial charge in [-0.3, -0.25) is 0 Å². The summed E-state index contributed by atoms with van der Waals surface area (Å²) in [6.07, 6.45) is 6.67. The van der Waals surface area contributed by atoms with Gasteiger partial charge in [-0.05, 0) is 12.3 Å². The number of thioether (sulfide) groups is 1. The van der Waals surface area contributed by atoms with Crippen LogP contribution in [0.25, 0.3) is 0 Å². The third kappa shape index (κ3) is 5.85. The van der Waals surface area contributed by atoms with E-state index in [0.717, 1.165) is 5.16 Å². The van der Waals surface area contributed by atoms with Gasteiger partial charge in [0.25, 0.3) is 0 Å². The van der Waals surface area contributed by atoms with Crippen LogP contribution < -0.4 is 0 Å². The quantitative estimate of drug-likeness (QED) is 0.478. The normalized spacial score (nSPS) is 8.27. The summed E-state index contributed by atoms with van der Waals surface area (Å²) in [6.45, 7) is 4.25. The Balaban J connectivity index is 0.000000292. The first-order chi connectivity index (χ1) is 5.35. The molecule has 1 aromatic heterocycles. The number of aromatic nitrogens is 2. The zero-order chi connectivity index (χ0) is 8.53. The van der Waals surface area contributed by atoms with Gasteiger partial charge in [0, 0.05) is 12.4 Å². The van der Waals surface area contributed by atoms with Crippen LogP contribution in [0, 0.1) is 0 Å². The van der Waals surface area contributed by atoms with E-state index < -0.39 is 0 Å². The Morgan fingerprint density at radius 3 is 2.00 bits per heavy atom. The average molecular weight is 170 g/mol. The summed E-state index contributed by atoms with van der Waals surface area (Å²) in [7, 11) is 0. The number of nitrogens with zero attached hydrogens (tertiary/aromatic N) is 2. The standard InChI is InChI=1S/C5H6N2S.C3H8/c1-8-5-6-3-2-4-7-5;1-3-2/h2-4H,1H3;3H2,1-2H3. The van der Waals surface area contributed by atoms with Gasteiger partial charge in [-0.2, -0.15) is 0 Å². The lowest BCUT2D eigenvalue weighted by atomic mass is 10.6. The third-order valence-electron chi connectivity index (χ3n) is 0.725. The van der Waals surface area contributed by atoms with Crippen LogP contribution >= 0.6 is 11.8 Å². The Hall–Kier alpha value is -0.570. The van der Waals surface area contributed by atoms with E-state index in [1.54, 1.807) is 30.2 Å². The van der Waals surface area contributed by atoms with E-state index in [0.29, 0.717) is 0 Å². The van der Waals surface area contributed by atoms with Crippen LogP contribution in [0.1, 0.15) is 20.3 Å². The average Bonchev–Trinajstić information content (AvgIpc) is 2.08. The molecule has 2 nitrogen and oxygen atoms in total. The maximum atomic E-state index is 3.95. The molecular formula is C8H14N2S. The van der Waals surface area contributed by atoms with Crippen molar-refractivity contribution in [3.8, 4) is 0 Å². The van der Waals surface area contributed by atoms with Gasteiger partial charge in [0.05, 0.1) is 0 Å². The Labute approximate surface area is 72.5 Å². The third-order valence-corrected chi connectivity index (χ3v) is 1.30. The molecule has 0 fully saturated rings. The molecule has 1 aromatic rings. The Morgan fingerprint density at radius 1 is 1.27 bits per heavy atom. The molecule has 0 radical (unpaired) electrons. The highest BCUT2D eigenvalue weighted by Gasteiger charge is 1.84. The van der Waals surface area contributed by atoms with Gasteiger partial charge in [-0.25, -0.2) is 9.97 Å². The molecule has 0 aliphatic rings. The highest BCUT2D eigenvalue weighted by Crippen LogP contribution is 2.03. The highest BCUT2D eigenvalue weighted by atomic mass is 32.2. The van der Waals surface area contributed by atoms with E-state index in [2.05, 4.69) is 23.8 Å². The molecule has 0 amide bonds. The van der Waals surface area contributed by atoms with Crippen molar-refractivity contribution in [1.29, 1.82) is 0 Å². The summed E-state index contributed by atoms with van der Waals surface area (Å²) in [6, 6.07) is 1.81. The van der Waals surface area contributed by atoms with Gasteiger partial charge in [-0.15, -0.1) is 0 Å². The van der Waals surface area contributed by atoms with E-state index in [9.17, 15) is 0 Å². The maximum Gasteiger partial charge on any atom is 0.187 e. The largest absolute Gasteiger partial charge is 0.231 e. The topological polar surface area (TPSA) is 25.8 Å². The second-order valence-corrected chi connectivity index (χ2v) is 2.72. The molecule has 0 saturated heterocycles. The first kappa shape index (κ1) is 10.4. The number of hydrogen-bond donors (Lipinski definition) is 0. The van der Waals surface area contributed by atoms with Crippen molar-refractivity contribution in [2.75, 3.05) is 6.26 Å². The second-order valence-electron chi connectivity index (χ2n) is 1.94. The second kappa shape index (κ2) is 7.54. The molecular weight excluding hydrogens is 156 g/mol. The van der Waals surface area contributed by atoms with E-state index in [1.807, 2.05) is 6.26 Å². The lowest BCUT2D eigenvalue weighted by Gasteiger charge is -1.87. The van der Waals surface area contributed by atoms with Gasteiger partial charge in [0.2, 0.25) is 0 Å². The van der Waals surface area contributed by atoms with Gasteiger partial charge in [-0.1, -0.05) is 32.0 Å². The van der Waals surface area contributed by atoms with Crippen molar-refractivity contribution in [3.05, 3.63) is 18.5 Å². The Bertz CT molecular complexity index is 165. The van der Waals surface area contributed by atoms with Crippen LogP contribution in [0.2, 0.25) is 0 Å². The molecule has 1 heterocycles. The molecule has 0 spiro atoms. The van der Waals surface area contributed by atoms with Gasteiger partial charge in [0.1, 0.15) is 0 Å². The SMILES string of the molecule is CCC.CSc1ncccn1. The van der Waals surface area contributed by atoms with Crippen LogP contribution in [-0.4, -0.2) is 16.2 Å². The van der Waals surface area contributed by atoms with Crippen molar-refractivity contribution >= 4 is 11.8 Å². The van der Waals surface area contributed by atoms with Gasteiger partial charge in [0.15, 0.2) is 5.16 Å². The molecule has 0 atom stereocenters. The molecule has 0 bridgehead atoms. The van der Waals surface area contributed by atoms with Crippen molar-refractivity contribution in [1.82, 2.24) is 9.97 Å². The molecule has 0 N–H and O–H groups in total. The van der Waals surface area contributed by atoms with Crippen LogP contribution in [0.5, 0.6) is 0 Å². The maximum absolute atomic E-state index is 3.95. The molecule has 0 aliphatic carbocycles. The highest BCUT2D eigenvalue weighted by molar-refractivity contribution is 7.98. The Morgan fingerprint density at radius 2 is 1.73 bits per heavy atom. The summed E-state index contributed by atoms with van der Waals surface area (Å²) in [4.78, 5) is 7.90. The predicted molar refractivity (Wildman–Crippen MR) is 49.8 cm³/mol. The molecule has 0 unspecified atom stereocenters. The van der Waals surface area contributed by atoms with E-state index >= 15 is 0 Å². The van der Waals surface area contributed by atoms with Crippen molar-refractivity contribution in [2.45, 2.75) is 25.4 Å². The fourth-order valence-electron chi connectivity index (χ4n) is 0.391. The first-order valence-corrected chi connectivity index (χ1v) is 4.88. The van der Waals surface area contributed by atoms with Crippen LogP contribution in [0.4, 0.5) is 0 Å². The summed E-state index contributed by atoms with van der Waals surface area (Å²) in [5.74, 6) is 0. The van der Waals surface area contributed by atoms with Gasteiger partial charge >= 0.3 is 0 Å². The zero-order valence-electron chi connectivity index (χ0n) is 7.24. The smallest absolute Gasteiger partial charge is 0.187 e. The van der Waals surface area contributed by atoms with Crippen LogP contribution in [0.15, 0.2) is 23.6 Å². The number of hydrogen-bond acceptors (Lipinski definition) is 3.